The summed E-state index contributed by atoms with van der Waals surface area (Å²) in [5, 5.41) is 0.720. The van der Waals surface area contributed by atoms with Crippen LogP contribution in [0, 0.1) is 13.8 Å². The van der Waals surface area contributed by atoms with Gasteiger partial charge in [-0.25, -0.2) is 4.98 Å². The monoisotopic (exact) mass is 546 g/mol. The van der Waals surface area contributed by atoms with Gasteiger partial charge < -0.3 is 13.9 Å². The van der Waals surface area contributed by atoms with Crippen molar-refractivity contribution in [3.63, 3.8) is 0 Å². The molecular formula is C30H30N2O6S. The van der Waals surface area contributed by atoms with Crippen LogP contribution in [0.15, 0.2) is 45.6 Å². The van der Waals surface area contributed by atoms with Crippen LogP contribution in [-0.4, -0.2) is 29.9 Å². The molecule has 1 amide bonds. The molecule has 1 aliphatic heterocycles. The fourth-order valence-electron chi connectivity index (χ4n) is 4.82. The van der Waals surface area contributed by atoms with Crippen molar-refractivity contribution >= 4 is 39.1 Å². The summed E-state index contributed by atoms with van der Waals surface area (Å²) in [7, 11) is 0. The molecule has 0 radical (unpaired) electrons. The summed E-state index contributed by atoms with van der Waals surface area (Å²) in [6, 6.07) is 9.91. The number of ketones is 1. The molecule has 1 atom stereocenters. The number of hydrogen-bond acceptors (Lipinski definition) is 8. The van der Waals surface area contributed by atoms with Gasteiger partial charge in [-0.15, -0.1) is 0 Å². The predicted molar refractivity (Wildman–Crippen MR) is 151 cm³/mol. The number of nitrogens with zero attached hydrogens (tertiary/aromatic N) is 2. The molecule has 0 bridgehead atoms. The van der Waals surface area contributed by atoms with E-state index in [4.69, 9.17) is 13.9 Å². The molecule has 0 aliphatic carbocycles. The molecule has 1 unspecified atom stereocenters. The Labute approximate surface area is 230 Å². The van der Waals surface area contributed by atoms with Crippen LogP contribution in [0.1, 0.15) is 82.3 Å². The van der Waals surface area contributed by atoms with Crippen LogP contribution in [0.4, 0.5) is 5.13 Å². The van der Waals surface area contributed by atoms with Gasteiger partial charge in [0.2, 0.25) is 5.76 Å². The number of anilines is 1. The number of amides is 1. The number of carbonyl (C=O) groups excluding carboxylic acids is 2. The van der Waals surface area contributed by atoms with Crippen molar-refractivity contribution in [2.75, 3.05) is 18.1 Å². The normalized spacial score (nSPS) is 14.6. The minimum atomic E-state index is -0.831. The van der Waals surface area contributed by atoms with Crippen molar-refractivity contribution in [2.24, 2.45) is 0 Å². The van der Waals surface area contributed by atoms with Gasteiger partial charge in [0, 0.05) is 6.92 Å². The molecule has 1 aliphatic rings. The predicted octanol–water partition coefficient (Wildman–Crippen LogP) is 6.40. The summed E-state index contributed by atoms with van der Waals surface area (Å²) in [6.07, 6.45) is 1.90. The molecule has 5 rings (SSSR count). The van der Waals surface area contributed by atoms with Crippen LogP contribution >= 0.6 is 11.3 Å². The van der Waals surface area contributed by atoms with Gasteiger partial charge in [0.1, 0.15) is 5.58 Å². The van der Waals surface area contributed by atoms with Crippen LogP contribution in [0.3, 0.4) is 0 Å². The van der Waals surface area contributed by atoms with Crippen LogP contribution in [0.2, 0.25) is 0 Å². The number of unbranched alkanes of at least 4 members (excludes halogenated alkanes) is 1. The molecule has 0 N–H and O–H groups in total. The number of aromatic nitrogens is 1. The van der Waals surface area contributed by atoms with Gasteiger partial charge in [0.05, 0.1) is 40.8 Å². The molecular weight excluding hydrogens is 516 g/mol. The maximum absolute atomic E-state index is 13.9. The maximum Gasteiger partial charge on any atom is 0.297 e. The second kappa shape index (κ2) is 10.6. The Balaban J connectivity index is 1.73. The number of aryl methyl sites for hydroxylation is 2. The standard InChI is InChI=1S/C30H30N2O6S/c1-6-8-13-37-22-12-10-19(15-23(22)36-7-2)25-24-26(34)20-14-16(3)9-11-21(20)38-27(24)29(35)32(25)30-31-17(4)28(39-30)18(5)33/h9-12,14-15,25H,6-8,13H2,1-5H3. The number of thiazole rings is 1. The average Bonchev–Trinajstić information content (AvgIpc) is 3.43. The number of fused-ring (bicyclic) bond motifs is 2. The molecule has 2 aromatic carbocycles. The van der Waals surface area contributed by atoms with Crippen molar-refractivity contribution in [1.82, 2.24) is 4.98 Å². The first-order valence-electron chi connectivity index (χ1n) is 13.0. The Hall–Kier alpha value is -3.98. The Morgan fingerprint density at radius 3 is 2.56 bits per heavy atom. The molecule has 0 saturated carbocycles. The van der Waals surface area contributed by atoms with E-state index in [1.165, 1.54) is 11.8 Å². The molecule has 9 heteroatoms. The van der Waals surface area contributed by atoms with Crippen molar-refractivity contribution in [3.05, 3.63) is 79.6 Å². The van der Waals surface area contributed by atoms with Crippen molar-refractivity contribution in [1.29, 1.82) is 0 Å². The lowest BCUT2D eigenvalue weighted by Crippen LogP contribution is -2.29. The number of ether oxygens (including phenoxy) is 2. The zero-order valence-electron chi connectivity index (χ0n) is 22.6. The zero-order chi connectivity index (χ0) is 27.8. The van der Waals surface area contributed by atoms with Crippen LogP contribution in [0.25, 0.3) is 11.0 Å². The largest absolute Gasteiger partial charge is 0.490 e. The minimum absolute atomic E-state index is 0.0280. The van der Waals surface area contributed by atoms with Crippen molar-refractivity contribution in [3.8, 4) is 11.5 Å². The Morgan fingerprint density at radius 2 is 1.87 bits per heavy atom. The van der Waals surface area contributed by atoms with Crippen molar-refractivity contribution in [2.45, 2.75) is 53.5 Å². The van der Waals surface area contributed by atoms with E-state index in [-0.39, 0.29) is 22.5 Å². The van der Waals surface area contributed by atoms with E-state index in [1.807, 2.05) is 26.0 Å². The third-order valence-electron chi connectivity index (χ3n) is 6.68. The molecule has 4 aromatic rings. The number of benzene rings is 2. The highest BCUT2D eigenvalue weighted by atomic mass is 32.1. The molecule has 2 aromatic heterocycles. The second-order valence-electron chi connectivity index (χ2n) is 9.56. The molecule has 0 fully saturated rings. The molecule has 3 heterocycles. The van der Waals surface area contributed by atoms with E-state index < -0.39 is 11.9 Å². The summed E-state index contributed by atoms with van der Waals surface area (Å²) < 4.78 is 17.9. The zero-order valence-corrected chi connectivity index (χ0v) is 23.4. The number of Topliss-reactive ketones (excluding diaryl/α,β-unsaturated/α-hetero) is 1. The summed E-state index contributed by atoms with van der Waals surface area (Å²) in [4.78, 5) is 46.5. The SMILES string of the molecule is CCCCOc1ccc(C2c3c(oc4ccc(C)cc4c3=O)C(=O)N2c2nc(C)c(C(C)=O)s2)cc1OCC. The second-order valence-corrected chi connectivity index (χ2v) is 10.5. The third-order valence-corrected chi connectivity index (χ3v) is 7.93. The maximum atomic E-state index is 13.9. The first-order valence-corrected chi connectivity index (χ1v) is 13.9. The molecule has 0 saturated heterocycles. The highest BCUT2D eigenvalue weighted by Crippen LogP contribution is 2.45. The summed E-state index contributed by atoms with van der Waals surface area (Å²) in [6.45, 7) is 10.0. The van der Waals surface area contributed by atoms with E-state index in [0.29, 0.717) is 56.9 Å². The fourth-order valence-corrected chi connectivity index (χ4v) is 5.81. The lowest BCUT2D eigenvalue weighted by molar-refractivity contribution is 0.0969. The highest BCUT2D eigenvalue weighted by molar-refractivity contribution is 7.17. The Kier molecular flexibility index (Phi) is 7.27. The van der Waals surface area contributed by atoms with E-state index in [1.54, 1.807) is 31.2 Å². The molecule has 39 heavy (non-hydrogen) atoms. The van der Waals surface area contributed by atoms with Gasteiger partial charge in [-0.2, -0.15) is 0 Å². The van der Waals surface area contributed by atoms with E-state index in [2.05, 4.69) is 11.9 Å². The topological polar surface area (TPSA) is 98.9 Å². The van der Waals surface area contributed by atoms with E-state index >= 15 is 0 Å². The lowest BCUT2D eigenvalue weighted by Gasteiger charge is -2.23. The Morgan fingerprint density at radius 1 is 1.08 bits per heavy atom. The van der Waals surface area contributed by atoms with Gasteiger partial charge in [0.15, 0.2) is 27.8 Å². The third kappa shape index (κ3) is 4.71. The number of hydrogen-bond donors (Lipinski definition) is 0. The molecule has 8 nitrogen and oxygen atoms in total. The van der Waals surface area contributed by atoms with Gasteiger partial charge in [0.25, 0.3) is 5.91 Å². The summed E-state index contributed by atoms with van der Waals surface area (Å²) in [5.41, 5.74) is 2.37. The van der Waals surface area contributed by atoms with Crippen molar-refractivity contribution < 1.29 is 23.5 Å². The number of rotatable bonds is 9. The molecule has 0 spiro atoms. The van der Waals surface area contributed by atoms with Crippen LogP contribution in [-0.2, 0) is 0 Å². The average molecular weight is 547 g/mol. The minimum Gasteiger partial charge on any atom is -0.490 e. The lowest BCUT2D eigenvalue weighted by atomic mass is 9.98. The van der Waals surface area contributed by atoms with Gasteiger partial charge in [-0.1, -0.05) is 42.4 Å². The molecule has 202 valence electrons. The van der Waals surface area contributed by atoms with Gasteiger partial charge in [-0.05, 0) is 57.0 Å². The highest BCUT2D eigenvalue weighted by Gasteiger charge is 2.45. The first-order chi connectivity index (χ1) is 18.7. The van der Waals surface area contributed by atoms with E-state index in [9.17, 15) is 14.4 Å². The quantitative estimate of drug-likeness (QED) is 0.177. The fraction of sp³-hybridized carbons (Fsp3) is 0.333. The van der Waals surface area contributed by atoms with Gasteiger partial charge >= 0.3 is 0 Å². The van der Waals surface area contributed by atoms with Gasteiger partial charge in [-0.3, -0.25) is 19.3 Å². The summed E-state index contributed by atoms with van der Waals surface area (Å²) >= 11 is 1.13. The summed E-state index contributed by atoms with van der Waals surface area (Å²) in [5.74, 6) is 0.460. The smallest absolute Gasteiger partial charge is 0.297 e. The van der Waals surface area contributed by atoms with Crippen LogP contribution in [0.5, 0.6) is 11.5 Å². The number of carbonyl (C=O) groups is 2. The van der Waals surface area contributed by atoms with Crippen LogP contribution < -0.4 is 19.8 Å². The Bertz CT molecular complexity index is 1650. The van der Waals surface area contributed by atoms with E-state index in [0.717, 1.165) is 29.7 Å². The first kappa shape index (κ1) is 26.6.